The van der Waals surface area contributed by atoms with Gasteiger partial charge in [0.25, 0.3) is 0 Å². The molecule has 35 heavy (non-hydrogen) atoms. The molecule has 0 aliphatic carbocycles. The molecule has 0 spiro atoms. The van der Waals surface area contributed by atoms with Gasteiger partial charge in [0.05, 0.1) is 23.9 Å². The van der Waals surface area contributed by atoms with Crippen LogP contribution < -0.4 is 15.4 Å². The Morgan fingerprint density at radius 1 is 1.17 bits per heavy atom. The lowest BCUT2D eigenvalue weighted by atomic mass is 9.95. The van der Waals surface area contributed by atoms with Crippen LogP contribution in [-0.2, 0) is 5.60 Å². The molecule has 3 aromatic rings. The molecule has 0 amide bonds. The Morgan fingerprint density at radius 2 is 1.91 bits per heavy atom. The lowest BCUT2D eigenvalue weighted by molar-refractivity contribution is 0.00997. The Labute approximate surface area is 216 Å². The molecule has 1 aromatic heterocycles. The van der Waals surface area contributed by atoms with Crippen LogP contribution in [0.4, 0.5) is 5.69 Å². The summed E-state index contributed by atoms with van der Waals surface area (Å²) in [5.74, 6) is 0.516. The maximum Gasteiger partial charge on any atom is 0.212 e. The van der Waals surface area contributed by atoms with Crippen molar-refractivity contribution in [3.05, 3.63) is 94.1 Å². The van der Waals surface area contributed by atoms with Gasteiger partial charge < -0.3 is 20.5 Å². The molecule has 0 unspecified atom stereocenters. The predicted octanol–water partition coefficient (Wildman–Crippen LogP) is 5.10. The van der Waals surface area contributed by atoms with Crippen LogP contribution in [0, 0.1) is 0 Å². The van der Waals surface area contributed by atoms with Gasteiger partial charge in [0.15, 0.2) is 0 Å². The maximum absolute atomic E-state index is 11.3. The molecule has 1 fully saturated rings. The average Bonchev–Trinajstić information content (AvgIpc) is 2.84. The van der Waals surface area contributed by atoms with Crippen LogP contribution in [0.25, 0.3) is 5.70 Å². The number of nitrogens with zero attached hydrogens (tertiary/aromatic N) is 3. The van der Waals surface area contributed by atoms with Crippen LogP contribution in [0.5, 0.6) is 5.88 Å². The molecule has 0 radical (unpaired) electrons. The summed E-state index contributed by atoms with van der Waals surface area (Å²) in [6.45, 7) is 8.26. The molecule has 1 aliphatic heterocycles. The van der Waals surface area contributed by atoms with Crippen LogP contribution in [0.2, 0.25) is 10.0 Å². The Kier molecular flexibility index (Phi) is 7.57. The fourth-order valence-corrected chi connectivity index (χ4v) is 4.94. The van der Waals surface area contributed by atoms with Crippen molar-refractivity contribution in [1.82, 2.24) is 9.88 Å². The molecule has 6 nitrogen and oxygen atoms in total. The summed E-state index contributed by atoms with van der Waals surface area (Å²) < 4.78 is 5.15. The first kappa shape index (κ1) is 25.3. The molecule has 8 heteroatoms. The van der Waals surface area contributed by atoms with Crippen molar-refractivity contribution < 1.29 is 9.84 Å². The number of benzene rings is 2. The molecule has 2 heterocycles. The number of hydrogen-bond donors (Lipinski definition) is 2. The Hall–Kier alpha value is -2.77. The third-order valence-electron chi connectivity index (χ3n) is 6.45. The second-order valence-electron chi connectivity index (χ2n) is 9.05. The van der Waals surface area contributed by atoms with Gasteiger partial charge in [0.1, 0.15) is 5.60 Å². The zero-order valence-corrected chi connectivity index (χ0v) is 21.4. The number of β-amino-alcohol motifs (C(OH)–C–C–N with tert-alkyl or cyclic N) is 1. The first-order valence-corrected chi connectivity index (χ1v) is 12.1. The van der Waals surface area contributed by atoms with Gasteiger partial charge in [-0.2, -0.15) is 0 Å². The summed E-state index contributed by atoms with van der Waals surface area (Å²) in [5, 5.41) is 12.6. The highest BCUT2D eigenvalue weighted by molar-refractivity contribution is 6.33. The smallest absolute Gasteiger partial charge is 0.212 e. The van der Waals surface area contributed by atoms with Gasteiger partial charge in [-0.1, -0.05) is 48.0 Å². The van der Waals surface area contributed by atoms with E-state index in [4.69, 9.17) is 33.7 Å². The summed E-state index contributed by atoms with van der Waals surface area (Å²) in [6, 6.07) is 17.3. The number of hydrogen-bond acceptors (Lipinski definition) is 6. The number of anilines is 1. The number of pyridine rings is 1. The summed E-state index contributed by atoms with van der Waals surface area (Å²) in [6.07, 6.45) is 1.67. The largest absolute Gasteiger partial charge is 0.481 e. The van der Waals surface area contributed by atoms with E-state index in [1.165, 1.54) is 0 Å². The Balaban J connectivity index is 1.60. The van der Waals surface area contributed by atoms with Gasteiger partial charge in [0.2, 0.25) is 5.88 Å². The molecular weight excluding hydrogens is 483 g/mol. The summed E-state index contributed by atoms with van der Waals surface area (Å²) in [4.78, 5) is 8.83. The van der Waals surface area contributed by atoms with Gasteiger partial charge in [0, 0.05) is 54.7 Å². The Morgan fingerprint density at radius 3 is 2.51 bits per heavy atom. The minimum absolute atomic E-state index is 0.00948. The molecule has 2 aromatic carbocycles. The van der Waals surface area contributed by atoms with Crippen molar-refractivity contribution >= 4 is 34.6 Å². The third kappa shape index (κ3) is 5.73. The normalized spacial score (nSPS) is 18.2. The minimum Gasteiger partial charge on any atom is -0.481 e. The average molecular weight is 513 g/mol. The van der Waals surface area contributed by atoms with Gasteiger partial charge in [-0.05, 0) is 48.4 Å². The number of aliphatic hydroxyl groups is 1. The number of ether oxygens (including phenoxy) is 1. The highest BCUT2D eigenvalue weighted by Gasteiger charge is 2.34. The van der Waals surface area contributed by atoms with Gasteiger partial charge in [-0.3, -0.25) is 4.90 Å². The maximum atomic E-state index is 11.3. The molecule has 0 saturated carbocycles. The molecule has 1 saturated heterocycles. The predicted molar refractivity (Wildman–Crippen MR) is 143 cm³/mol. The van der Waals surface area contributed by atoms with Crippen molar-refractivity contribution in [3.63, 3.8) is 0 Å². The zero-order chi connectivity index (χ0) is 25.2. The number of nitrogens with two attached hydrogens (primary N) is 1. The molecule has 1 aliphatic rings. The number of halogens is 2. The standard InChI is InChI=1S/C27H30Cl2N4O2/c1-18(30)20-6-10-24(23(29)14-20)33-13-12-32(16-25(33)19-4-8-22(28)9-5-19)17-27(2,34)21-7-11-26(35-3)31-15-21/h4-11,14-15,25,34H,1,12-13,16-17,30H2,2-3H3/t25-,27+/m0/s1. The Bertz CT molecular complexity index is 1180. The first-order valence-electron chi connectivity index (χ1n) is 11.4. The van der Waals surface area contributed by atoms with Crippen molar-refractivity contribution in [3.8, 4) is 5.88 Å². The lowest BCUT2D eigenvalue weighted by Crippen LogP contribution is -2.52. The van der Waals surface area contributed by atoms with Crippen LogP contribution >= 0.6 is 23.2 Å². The molecule has 4 rings (SSSR count). The summed E-state index contributed by atoms with van der Waals surface area (Å²) in [7, 11) is 1.57. The van der Waals surface area contributed by atoms with Crippen LogP contribution in [0.3, 0.4) is 0 Å². The minimum atomic E-state index is -1.08. The molecule has 0 bridgehead atoms. The van der Waals surface area contributed by atoms with E-state index >= 15 is 0 Å². The van der Waals surface area contributed by atoms with E-state index in [-0.39, 0.29) is 6.04 Å². The number of rotatable bonds is 7. The second-order valence-corrected chi connectivity index (χ2v) is 9.89. The van der Waals surface area contributed by atoms with Crippen molar-refractivity contribution in [2.24, 2.45) is 5.73 Å². The van der Waals surface area contributed by atoms with Gasteiger partial charge >= 0.3 is 0 Å². The fourth-order valence-electron chi connectivity index (χ4n) is 4.53. The fraction of sp³-hybridized carbons (Fsp3) is 0.296. The highest BCUT2D eigenvalue weighted by atomic mass is 35.5. The topological polar surface area (TPSA) is 74.9 Å². The van der Waals surface area contributed by atoms with E-state index < -0.39 is 5.60 Å². The number of piperazine rings is 1. The molecule has 3 N–H and O–H groups in total. The van der Waals surface area contributed by atoms with Crippen molar-refractivity contribution in [1.29, 1.82) is 0 Å². The second kappa shape index (κ2) is 10.5. The van der Waals surface area contributed by atoms with E-state index in [2.05, 4.69) is 21.4 Å². The summed E-state index contributed by atoms with van der Waals surface area (Å²) in [5.41, 5.74) is 8.87. The molecular formula is C27H30Cl2N4O2. The summed E-state index contributed by atoms with van der Waals surface area (Å²) >= 11 is 12.9. The van der Waals surface area contributed by atoms with E-state index in [9.17, 15) is 5.11 Å². The van der Waals surface area contributed by atoms with Crippen LogP contribution in [-0.4, -0.2) is 48.3 Å². The van der Waals surface area contributed by atoms with Gasteiger partial charge in [-0.15, -0.1) is 0 Å². The highest BCUT2D eigenvalue weighted by Crippen LogP contribution is 2.37. The van der Waals surface area contributed by atoms with Crippen LogP contribution in [0.15, 0.2) is 67.4 Å². The van der Waals surface area contributed by atoms with Crippen LogP contribution in [0.1, 0.15) is 29.7 Å². The SMILES string of the molecule is C=C(N)c1ccc(N2CCN(C[C@@](C)(O)c3ccc(OC)nc3)C[C@H]2c2ccc(Cl)cc2)c(Cl)c1. The van der Waals surface area contributed by atoms with E-state index in [1.54, 1.807) is 19.4 Å². The van der Waals surface area contributed by atoms with Crippen molar-refractivity contribution in [2.75, 3.05) is 38.2 Å². The van der Waals surface area contributed by atoms with E-state index in [1.807, 2.05) is 55.5 Å². The third-order valence-corrected chi connectivity index (χ3v) is 7.00. The van der Waals surface area contributed by atoms with E-state index in [0.29, 0.717) is 34.7 Å². The lowest BCUT2D eigenvalue weighted by Gasteiger charge is -2.45. The molecule has 184 valence electrons. The quantitative estimate of drug-likeness (QED) is 0.458. The monoisotopic (exact) mass is 512 g/mol. The number of aromatic nitrogens is 1. The number of methoxy groups -OCH3 is 1. The molecule has 2 atom stereocenters. The van der Waals surface area contributed by atoms with E-state index in [0.717, 1.165) is 35.5 Å². The van der Waals surface area contributed by atoms with Crippen molar-refractivity contribution in [2.45, 2.75) is 18.6 Å². The first-order chi connectivity index (χ1) is 16.7. The van der Waals surface area contributed by atoms with Gasteiger partial charge in [-0.25, -0.2) is 4.98 Å². The zero-order valence-electron chi connectivity index (χ0n) is 19.9.